The Labute approximate surface area is 79.2 Å². The van der Waals surface area contributed by atoms with Crippen molar-refractivity contribution in [2.45, 2.75) is 19.8 Å². The van der Waals surface area contributed by atoms with Crippen molar-refractivity contribution in [3.8, 4) is 6.07 Å². The maximum absolute atomic E-state index is 8.38. The smallest absolute Gasteiger partial charge is 0.0640 e. The molecule has 0 atom stereocenters. The monoisotopic (exact) mass is 174 g/mol. The fraction of sp³-hybridized carbons (Fsp3) is 0.364. The second-order valence-corrected chi connectivity index (χ2v) is 2.85. The molecule has 0 unspecified atom stereocenters. The third-order valence-electron chi connectivity index (χ3n) is 1.95. The van der Waals surface area contributed by atoms with E-state index in [4.69, 9.17) is 5.26 Å². The van der Waals surface area contributed by atoms with E-state index in [0.717, 1.165) is 18.7 Å². The molecule has 0 radical (unpaired) electrons. The minimum atomic E-state index is 0.554. The largest absolute Gasteiger partial charge is 0.384 e. The summed E-state index contributed by atoms with van der Waals surface area (Å²) in [5, 5.41) is 11.6. The van der Waals surface area contributed by atoms with Gasteiger partial charge < -0.3 is 5.32 Å². The highest BCUT2D eigenvalue weighted by atomic mass is 14.9. The molecule has 0 fully saturated rings. The van der Waals surface area contributed by atoms with Gasteiger partial charge in [-0.1, -0.05) is 25.1 Å². The standard InChI is InChI=1S/C11H14N2/c1-2-10-6-3-4-7-11(10)13-9-5-8-12/h3-4,6-7,13H,2,5,9H2,1H3. The number of anilines is 1. The van der Waals surface area contributed by atoms with E-state index in [9.17, 15) is 0 Å². The van der Waals surface area contributed by atoms with Crippen LogP contribution in [0.3, 0.4) is 0 Å². The van der Waals surface area contributed by atoms with Crippen LogP contribution in [-0.4, -0.2) is 6.54 Å². The van der Waals surface area contributed by atoms with Gasteiger partial charge in [0.25, 0.3) is 0 Å². The van der Waals surface area contributed by atoms with Crippen LogP contribution in [0, 0.1) is 11.3 Å². The number of nitrogens with one attached hydrogen (secondary N) is 1. The summed E-state index contributed by atoms with van der Waals surface area (Å²) in [7, 11) is 0. The molecule has 1 rings (SSSR count). The molecule has 0 heterocycles. The van der Waals surface area contributed by atoms with E-state index < -0.39 is 0 Å². The van der Waals surface area contributed by atoms with Crippen molar-refractivity contribution in [3.05, 3.63) is 29.8 Å². The van der Waals surface area contributed by atoms with Crippen molar-refractivity contribution >= 4 is 5.69 Å². The van der Waals surface area contributed by atoms with Gasteiger partial charge in [-0.05, 0) is 18.1 Å². The second-order valence-electron chi connectivity index (χ2n) is 2.85. The summed E-state index contributed by atoms with van der Waals surface area (Å²) >= 11 is 0. The van der Waals surface area contributed by atoms with Gasteiger partial charge in [-0.3, -0.25) is 0 Å². The first-order chi connectivity index (χ1) is 6.38. The number of aryl methyl sites for hydroxylation is 1. The van der Waals surface area contributed by atoms with Crippen LogP contribution >= 0.6 is 0 Å². The van der Waals surface area contributed by atoms with Crippen molar-refractivity contribution in [3.63, 3.8) is 0 Å². The van der Waals surface area contributed by atoms with E-state index in [-0.39, 0.29) is 0 Å². The first-order valence-corrected chi connectivity index (χ1v) is 4.57. The Morgan fingerprint density at radius 1 is 1.38 bits per heavy atom. The lowest BCUT2D eigenvalue weighted by Gasteiger charge is -2.08. The van der Waals surface area contributed by atoms with Crippen molar-refractivity contribution in [2.75, 3.05) is 11.9 Å². The van der Waals surface area contributed by atoms with Gasteiger partial charge in [0, 0.05) is 12.2 Å². The zero-order valence-electron chi connectivity index (χ0n) is 7.88. The topological polar surface area (TPSA) is 35.8 Å². The number of benzene rings is 1. The van der Waals surface area contributed by atoms with E-state index in [1.54, 1.807) is 0 Å². The molecule has 2 nitrogen and oxygen atoms in total. The summed E-state index contributed by atoms with van der Waals surface area (Å²) in [5.74, 6) is 0. The molecule has 1 N–H and O–H groups in total. The molecule has 0 aromatic heterocycles. The average Bonchev–Trinajstić information content (AvgIpc) is 2.19. The maximum atomic E-state index is 8.38. The van der Waals surface area contributed by atoms with Gasteiger partial charge >= 0.3 is 0 Å². The van der Waals surface area contributed by atoms with Crippen molar-refractivity contribution in [1.82, 2.24) is 0 Å². The number of para-hydroxylation sites is 1. The van der Waals surface area contributed by atoms with Crippen LogP contribution in [0.2, 0.25) is 0 Å². The van der Waals surface area contributed by atoms with Gasteiger partial charge in [0.2, 0.25) is 0 Å². The maximum Gasteiger partial charge on any atom is 0.0640 e. The molecular formula is C11H14N2. The molecule has 0 amide bonds. The molecule has 2 heteroatoms. The molecule has 0 aliphatic rings. The fourth-order valence-corrected chi connectivity index (χ4v) is 1.25. The Balaban J connectivity index is 2.60. The van der Waals surface area contributed by atoms with E-state index in [1.807, 2.05) is 12.1 Å². The zero-order valence-corrected chi connectivity index (χ0v) is 7.88. The summed E-state index contributed by atoms with van der Waals surface area (Å²) in [5.41, 5.74) is 2.46. The zero-order chi connectivity index (χ0) is 9.52. The molecule has 13 heavy (non-hydrogen) atoms. The highest BCUT2D eigenvalue weighted by Crippen LogP contribution is 2.14. The van der Waals surface area contributed by atoms with E-state index in [2.05, 4.69) is 30.4 Å². The normalized spacial score (nSPS) is 9.23. The first-order valence-electron chi connectivity index (χ1n) is 4.57. The summed E-state index contributed by atoms with van der Waals surface area (Å²) < 4.78 is 0. The van der Waals surface area contributed by atoms with Gasteiger partial charge in [0.1, 0.15) is 0 Å². The first kappa shape index (κ1) is 9.60. The third kappa shape index (κ3) is 2.79. The highest BCUT2D eigenvalue weighted by Gasteiger charge is 1.96. The minimum Gasteiger partial charge on any atom is -0.384 e. The Kier molecular flexibility index (Phi) is 3.84. The molecule has 1 aromatic rings. The van der Waals surface area contributed by atoms with Crippen LogP contribution in [0.25, 0.3) is 0 Å². The van der Waals surface area contributed by atoms with Crippen molar-refractivity contribution < 1.29 is 0 Å². The second kappa shape index (κ2) is 5.21. The summed E-state index contributed by atoms with van der Waals surface area (Å²) in [4.78, 5) is 0. The number of hydrogen-bond acceptors (Lipinski definition) is 2. The van der Waals surface area contributed by atoms with Crippen molar-refractivity contribution in [1.29, 1.82) is 5.26 Å². The Morgan fingerprint density at radius 3 is 2.85 bits per heavy atom. The van der Waals surface area contributed by atoms with Gasteiger partial charge in [0.05, 0.1) is 12.5 Å². The Morgan fingerprint density at radius 2 is 2.15 bits per heavy atom. The molecular weight excluding hydrogens is 160 g/mol. The molecule has 0 bridgehead atoms. The average molecular weight is 174 g/mol. The quantitative estimate of drug-likeness (QED) is 0.712. The molecule has 68 valence electrons. The van der Waals surface area contributed by atoms with Crippen LogP contribution < -0.4 is 5.32 Å². The fourth-order valence-electron chi connectivity index (χ4n) is 1.25. The number of rotatable bonds is 4. The Bertz CT molecular complexity index is 299. The summed E-state index contributed by atoms with van der Waals surface area (Å²) in [6.45, 7) is 2.86. The van der Waals surface area contributed by atoms with Crippen LogP contribution in [0.1, 0.15) is 18.9 Å². The van der Waals surface area contributed by atoms with Crippen LogP contribution in [0.4, 0.5) is 5.69 Å². The molecule has 0 saturated carbocycles. The lowest BCUT2D eigenvalue weighted by Crippen LogP contribution is -2.02. The van der Waals surface area contributed by atoms with E-state index in [0.29, 0.717) is 6.42 Å². The van der Waals surface area contributed by atoms with Gasteiger partial charge in [0.15, 0.2) is 0 Å². The minimum absolute atomic E-state index is 0.554. The van der Waals surface area contributed by atoms with Gasteiger partial charge in [-0.2, -0.15) is 5.26 Å². The summed E-state index contributed by atoms with van der Waals surface area (Å²) in [6, 6.07) is 10.3. The number of nitrogens with zero attached hydrogens (tertiary/aromatic N) is 1. The Hall–Kier alpha value is -1.49. The van der Waals surface area contributed by atoms with Crippen LogP contribution in [0.15, 0.2) is 24.3 Å². The SMILES string of the molecule is CCc1ccccc1NCCC#N. The molecule has 0 saturated heterocycles. The highest BCUT2D eigenvalue weighted by molar-refractivity contribution is 5.50. The predicted molar refractivity (Wildman–Crippen MR) is 54.5 cm³/mol. The van der Waals surface area contributed by atoms with Crippen molar-refractivity contribution in [2.24, 2.45) is 0 Å². The van der Waals surface area contributed by atoms with E-state index >= 15 is 0 Å². The van der Waals surface area contributed by atoms with Crippen LogP contribution in [0.5, 0.6) is 0 Å². The summed E-state index contributed by atoms with van der Waals surface area (Å²) in [6.07, 6.45) is 1.58. The lowest BCUT2D eigenvalue weighted by molar-refractivity contribution is 1.05. The van der Waals surface area contributed by atoms with Gasteiger partial charge in [-0.25, -0.2) is 0 Å². The third-order valence-corrected chi connectivity index (χ3v) is 1.95. The molecule has 0 spiro atoms. The molecule has 0 aliphatic carbocycles. The van der Waals surface area contributed by atoms with E-state index in [1.165, 1.54) is 5.56 Å². The van der Waals surface area contributed by atoms with Crippen LogP contribution in [-0.2, 0) is 6.42 Å². The number of nitriles is 1. The molecule has 0 aliphatic heterocycles. The number of hydrogen-bond donors (Lipinski definition) is 1. The van der Waals surface area contributed by atoms with Gasteiger partial charge in [-0.15, -0.1) is 0 Å². The predicted octanol–water partition coefficient (Wildman–Crippen LogP) is 2.57. The lowest BCUT2D eigenvalue weighted by atomic mass is 10.1. The molecule has 1 aromatic carbocycles.